The second kappa shape index (κ2) is 10.8. The van der Waals surface area contributed by atoms with Crippen molar-refractivity contribution in [2.45, 2.75) is 25.6 Å². The van der Waals surface area contributed by atoms with Crippen molar-refractivity contribution in [1.82, 2.24) is 15.5 Å². The Balaban J connectivity index is 1.66. The molecule has 0 saturated carbocycles. The first-order chi connectivity index (χ1) is 15.5. The topological polar surface area (TPSA) is 89.1 Å². The molecule has 32 heavy (non-hydrogen) atoms. The number of halogens is 1. The van der Waals surface area contributed by atoms with Gasteiger partial charge in [0.25, 0.3) is 0 Å². The number of amides is 2. The summed E-state index contributed by atoms with van der Waals surface area (Å²) in [6.07, 6.45) is -0.0457. The highest BCUT2D eigenvalue weighted by molar-refractivity contribution is 5.88. The molecule has 0 aromatic heterocycles. The summed E-state index contributed by atoms with van der Waals surface area (Å²) >= 11 is 0. The van der Waals surface area contributed by atoms with Gasteiger partial charge in [-0.1, -0.05) is 18.2 Å². The minimum Gasteiger partial charge on any atom is -0.497 e. The van der Waals surface area contributed by atoms with Crippen LogP contribution in [0, 0.1) is 5.82 Å². The third-order valence-electron chi connectivity index (χ3n) is 5.41. The molecule has 2 aromatic rings. The standard InChI is InChI=1S/C23H28FN3O5/c1-30-17-8-7-16(18(24)11-17)14-27-10-9-25-23(29)19(27)12-21(28)26-13-15-5-4-6-20(31-2)22(15)32-3/h4-8,11,19H,9-10,12-14H2,1-3H3,(H,25,29)(H,26,28). The van der Waals surface area contributed by atoms with Crippen LogP contribution in [-0.2, 0) is 22.7 Å². The summed E-state index contributed by atoms with van der Waals surface area (Å²) in [4.78, 5) is 27.0. The second-order valence-corrected chi connectivity index (χ2v) is 7.37. The molecule has 8 nitrogen and oxygen atoms in total. The molecule has 0 bridgehead atoms. The van der Waals surface area contributed by atoms with Crippen molar-refractivity contribution in [1.29, 1.82) is 0 Å². The molecule has 1 saturated heterocycles. The molecule has 1 aliphatic rings. The van der Waals surface area contributed by atoms with E-state index in [2.05, 4.69) is 10.6 Å². The molecule has 1 heterocycles. The molecule has 1 unspecified atom stereocenters. The molecule has 3 rings (SSSR count). The van der Waals surface area contributed by atoms with E-state index < -0.39 is 11.9 Å². The summed E-state index contributed by atoms with van der Waals surface area (Å²) in [5.41, 5.74) is 1.19. The number of para-hydroxylation sites is 1. The van der Waals surface area contributed by atoms with Gasteiger partial charge in [0, 0.05) is 43.4 Å². The molecule has 0 spiro atoms. The third kappa shape index (κ3) is 5.47. The minimum absolute atomic E-state index is 0.0457. The molecule has 9 heteroatoms. The number of hydrogen-bond donors (Lipinski definition) is 2. The lowest BCUT2D eigenvalue weighted by atomic mass is 10.1. The maximum absolute atomic E-state index is 14.4. The Morgan fingerprint density at radius 3 is 2.66 bits per heavy atom. The van der Waals surface area contributed by atoms with Gasteiger partial charge >= 0.3 is 0 Å². The van der Waals surface area contributed by atoms with E-state index in [4.69, 9.17) is 14.2 Å². The van der Waals surface area contributed by atoms with Crippen molar-refractivity contribution in [3.8, 4) is 17.2 Å². The smallest absolute Gasteiger partial charge is 0.237 e. The number of carbonyl (C=O) groups is 2. The first-order valence-corrected chi connectivity index (χ1v) is 10.3. The van der Waals surface area contributed by atoms with E-state index in [9.17, 15) is 14.0 Å². The number of nitrogens with zero attached hydrogens (tertiary/aromatic N) is 1. The predicted octanol–water partition coefficient (Wildman–Crippen LogP) is 1.86. The van der Waals surface area contributed by atoms with Gasteiger partial charge in [0.15, 0.2) is 11.5 Å². The Morgan fingerprint density at radius 1 is 1.16 bits per heavy atom. The lowest BCUT2D eigenvalue weighted by molar-refractivity contribution is -0.134. The van der Waals surface area contributed by atoms with Crippen LogP contribution in [-0.4, -0.2) is 57.2 Å². The van der Waals surface area contributed by atoms with Crippen LogP contribution in [0.3, 0.4) is 0 Å². The highest BCUT2D eigenvalue weighted by Gasteiger charge is 2.32. The first-order valence-electron chi connectivity index (χ1n) is 10.3. The lowest BCUT2D eigenvalue weighted by Gasteiger charge is -2.34. The first kappa shape index (κ1) is 23.3. The van der Waals surface area contributed by atoms with Crippen LogP contribution in [0.4, 0.5) is 4.39 Å². The van der Waals surface area contributed by atoms with Crippen molar-refractivity contribution in [2.75, 3.05) is 34.4 Å². The van der Waals surface area contributed by atoms with E-state index >= 15 is 0 Å². The van der Waals surface area contributed by atoms with Crippen LogP contribution in [0.25, 0.3) is 0 Å². The molecular weight excluding hydrogens is 417 g/mol. The Bertz CT molecular complexity index is 969. The summed E-state index contributed by atoms with van der Waals surface area (Å²) in [6.45, 7) is 1.39. The number of nitrogens with one attached hydrogen (secondary N) is 2. The van der Waals surface area contributed by atoms with Gasteiger partial charge in [0.2, 0.25) is 11.8 Å². The lowest BCUT2D eigenvalue weighted by Crippen LogP contribution is -2.56. The number of rotatable bonds is 9. The summed E-state index contributed by atoms with van der Waals surface area (Å²) < 4.78 is 30.1. The molecular formula is C23H28FN3O5. The van der Waals surface area contributed by atoms with Gasteiger partial charge in [0.1, 0.15) is 11.6 Å². The van der Waals surface area contributed by atoms with Gasteiger partial charge in [0.05, 0.1) is 33.8 Å². The molecule has 1 aliphatic heterocycles. The molecule has 2 aromatic carbocycles. The average Bonchev–Trinajstić information content (AvgIpc) is 2.80. The van der Waals surface area contributed by atoms with Crippen LogP contribution in [0.5, 0.6) is 17.2 Å². The SMILES string of the molecule is COc1ccc(CN2CCNC(=O)C2CC(=O)NCc2cccc(OC)c2OC)c(F)c1. The predicted molar refractivity (Wildman–Crippen MR) is 116 cm³/mol. The summed E-state index contributed by atoms with van der Waals surface area (Å²) in [7, 11) is 4.55. The maximum atomic E-state index is 14.4. The van der Waals surface area contributed by atoms with Crippen LogP contribution >= 0.6 is 0 Å². The van der Waals surface area contributed by atoms with Crippen molar-refractivity contribution >= 4 is 11.8 Å². The van der Waals surface area contributed by atoms with Gasteiger partial charge in [-0.15, -0.1) is 0 Å². The van der Waals surface area contributed by atoms with E-state index in [1.807, 2.05) is 17.0 Å². The Hall–Kier alpha value is -3.33. The quantitative estimate of drug-likeness (QED) is 0.613. The zero-order valence-corrected chi connectivity index (χ0v) is 18.4. The fraction of sp³-hybridized carbons (Fsp3) is 0.391. The van der Waals surface area contributed by atoms with Gasteiger partial charge in [-0.05, 0) is 12.1 Å². The summed E-state index contributed by atoms with van der Waals surface area (Å²) in [5, 5.41) is 5.61. The number of hydrogen-bond acceptors (Lipinski definition) is 6. The number of piperazine rings is 1. The molecule has 0 radical (unpaired) electrons. The van der Waals surface area contributed by atoms with Gasteiger partial charge in [-0.25, -0.2) is 4.39 Å². The zero-order chi connectivity index (χ0) is 23.1. The zero-order valence-electron chi connectivity index (χ0n) is 18.4. The normalized spacial score (nSPS) is 16.2. The van der Waals surface area contributed by atoms with E-state index in [0.717, 1.165) is 5.56 Å². The fourth-order valence-electron chi connectivity index (χ4n) is 3.71. The summed E-state index contributed by atoms with van der Waals surface area (Å²) in [5.74, 6) is 0.576. The van der Waals surface area contributed by atoms with E-state index in [1.165, 1.54) is 20.3 Å². The van der Waals surface area contributed by atoms with Crippen molar-refractivity contribution in [3.63, 3.8) is 0 Å². The van der Waals surface area contributed by atoms with E-state index in [0.29, 0.717) is 35.9 Å². The third-order valence-corrected chi connectivity index (χ3v) is 5.41. The van der Waals surface area contributed by atoms with Crippen LogP contribution in [0.1, 0.15) is 17.5 Å². The molecule has 1 fully saturated rings. The van der Waals surface area contributed by atoms with Gasteiger partial charge in [-0.2, -0.15) is 0 Å². The number of methoxy groups -OCH3 is 3. The number of benzene rings is 2. The monoisotopic (exact) mass is 445 g/mol. The Labute approximate surface area is 186 Å². The minimum atomic E-state index is -0.697. The van der Waals surface area contributed by atoms with E-state index in [-0.39, 0.29) is 31.3 Å². The maximum Gasteiger partial charge on any atom is 0.237 e. The average molecular weight is 445 g/mol. The van der Waals surface area contributed by atoms with Crippen molar-refractivity contribution < 1.29 is 28.2 Å². The number of carbonyl (C=O) groups excluding carboxylic acids is 2. The fourth-order valence-corrected chi connectivity index (χ4v) is 3.71. The van der Waals surface area contributed by atoms with Crippen LogP contribution < -0.4 is 24.8 Å². The largest absolute Gasteiger partial charge is 0.497 e. The Morgan fingerprint density at radius 2 is 1.97 bits per heavy atom. The molecule has 2 N–H and O–H groups in total. The molecule has 172 valence electrons. The molecule has 2 amide bonds. The molecule has 1 atom stereocenters. The number of ether oxygens (including phenoxy) is 3. The van der Waals surface area contributed by atoms with Gasteiger partial charge in [-0.3, -0.25) is 14.5 Å². The second-order valence-electron chi connectivity index (χ2n) is 7.37. The highest BCUT2D eigenvalue weighted by Crippen LogP contribution is 2.30. The van der Waals surface area contributed by atoms with Crippen molar-refractivity contribution in [3.05, 3.63) is 53.3 Å². The van der Waals surface area contributed by atoms with Gasteiger partial charge < -0.3 is 24.8 Å². The van der Waals surface area contributed by atoms with Crippen LogP contribution in [0.2, 0.25) is 0 Å². The summed E-state index contributed by atoms with van der Waals surface area (Å²) in [6, 6.07) is 9.32. The molecule has 0 aliphatic carbocycles. The highest BCUT2D eigenvalue weighted by atomic mass is 19.1. The Kier molecular flexibility index (Phi) is 7.88. The van der Waals surface area contributed by atoms with E-state index in [1.54, 1.807) is 25.3 Å². The van der Waals surface area contributed by atoms with Crippen LogP contribution in [0.15, 0.2) is 36.4 Å². The van der Waals surface area contributed by atoms with Crippen molar-refractivity contribution in [2.24, 2.45) is 0 Å².